The van der Waals surface area contributed by atoms with Gasteiger partial charge in [-0.25, -0.2) is 0 Å². The molecule has 0 aromatic heterocycles. The molecule has 0 N–H and O–H groups in total. The van der Waals surface area contributed by atoms with Crippen molar-refractivity contribution in [3.05, 3.63) is 95.1 Å². The van der Waals surface area contributed by atoms with Crippen LogP contribution in [0.25, 0.3) is 33.6 Å². The van der Waals surface area contributed by atoms with Crippen molar-refractivity contribution in [3.63, 3.8) is 0 Å². The lowest BCUT2D eigenvalue weighted by molar-refractivity contribution is 0.415. The first-order valence-corrected chi connectivity index (χ1v) is 14.5. The zero-order valence-electron chi connectivity index (χ0n) is 25.3. The van der Waals surface area contributed by atoms with Crippen LogP contribution in [-0.2, 0) is 10.8 Å². The molecule has 4 aromatic carbocycles. The third-order valence-electron chi connectivity index (χ3n) is 8.90. The van der Waals surface area contributed by atoms with Gasteiger partial charge < -0.3 is 19.3 Å². The second-order valence-electron chi connectivity index (χ2n) is 13.5. The minimum atomic E-state index is 0.0428. The van der Waals surface area contributed by atoms with Crippen molar-refractivity contribution in [2.75, 3.05) is 30.7 Å². The predicted molar refractivity (Wildman–Crippen MR) is 171 cm³/mol. The lowest BCUT2D eigenvalue weighted by Gasteiger charge is -2.34. The number of hydrogen-bond acceptors (Lipinski definition) is 4. The standard InChI is InChI=1S/C37H38N2O2/c1-36(2,3)22-9-13-26-30-19-24(40-7)11-15-28(30)34-35-29-16-12-25(41-8)20-31(29)27-14-10-23(37(4,5)6)18-33(27)39(35)21-38(34)32(26)17-22/h9-20H,21H2,1-8H3. The van der Waals surface area contributed by atoms with Gasteiger partial charge in [-0.15, -0.1) is 0 Å². The fourth-order valence-corrected chi connectivity index (χ4v) is 6.54. The van der Waals surface area contributed by atoms with Gasteiger partial charge in [-0.05, 0) is 81.6 Å². The number of rotatable bonds is 2. The Morgan fingerprint density at radius 2 is 0.878 bits per heavy atom. The van der Waals surface area contributed by atoms with E-state index in [0.717, 1.165) is 18.2 Å². The summed E-state index contributed by atoms with van der Waals surface area (Å²) in [6.07, 6.45) is 0. The SMILES string of the molecule is COc1ccc2c(c1)-c1ccc(C(C)(C)C)cc1N1CN3C(=C21)c1ccc(OC)cc1-c1ccc(C(C)(C)C)cc13. The van der Waals surface area contributed by atoms with Crippen molar-refractivity contribution in [3.8, 4) is 33.8 Å². The lowest BCUT2D eigenvalue weighted by atomic mass is 9.82. The van der Waals surface area contributed by atoms with Crippen molar-refractivity contribution >= 4 is 22.8 Å². The molecule has 0 atom stereocenters. The molecule has 0 saturated carbocycles. The minimum Gasteiger partial charge on any atom is -0.497 e. The van der Waals surface area contributed by atoms with Crippen LogP contribution in [0.1, 0.15) is 63.8 Å². The molecule has 4 nitrogen and oxygen atoms in total. The summed E-state index contributed by atoms with van der Waals surface area (Å²) >= 11 is 0. The molecule has 0 fully saturated rings. The van der Waals surface area contributed by atoms with Gasteiger partial charge >= 0.3 is 0 Å². The van der Waals surface area contributed by atoms with E-state index < -0.39 is 0 Å². The summed E-state index contributed by atoms with van der Waals surface area (Å²) in [4.78, 5) is 5.06. The zero-order valence-corrected chi connectivity index (χ0v) is 25.3. The van der Waals surface area contributed by atoms with Gasteiger partial charge in [0.2, 0.25) is 0 Å². The van der Waals surface area contributed by atoms with Crippen molar-refractivity contribution in [2.45, 2.75) is 52.4 Å². The van der Waals surface area contributed by atoms with Gasteiger partial charge in [0.05, 0.1) is 37.0 Å². The largest absolute Gasteiger partial charge is 0.497 e. The number of fused-ring (bicyclic) bond motifs is 12. The average molecular weight is 543 g/mol. The number of ether oxygens (including phenoxy) is 2. The summed E-state index contributed by atoms with van der Waals surface area (Å²) < 4.78 is 11.4. The van der Waals surface area contributed by atoms with Crippen LogP contribution in [0.5, 0.6) is 11.5 Å². The fraction of sp³-hybridized carbons (Fsp3) is 0.297. The third kappa shape index (κ3) is 3.80. The summed E-state index contributed by atoms with van der Waals surface area (Å²) in [6, 6.07) is 27.0. The molecule has 4 aromatic rings. The molecule has 0 spiro atoms. The molecule has 4 heteroatoms. The van der Waals surface area contributed by atoms with E-state index in [1.807, 2.05) is 0 Å². The van der Waals surface area contributed by atoms with E-state index in [2.05, 4.69) is 124 Å². The Hall–Kier alpha value is -4.18. The van der Waals surface area contributed by atoms with Gasteiger partial charge in [0.15, 0.2) is 0 Å². The van der Waals surface area contributed by atoms with Gasteiger partial charge in [-0.3, -0.25) is 0 Å². The molecule has 208 valence electrons. The molecule has 41 heavy (non-hydrogen) atoms. The maximum atomic E-state index is 5.71. The van der Waals surface area contributed by atoms with E-state index in [1.165, 1.54) is 67.3 Å². The summed E-state index contributed by atoms with van der Waals surface area (Å²) in [5.74, 6) is 1.75. The molecule has 0 unspecified atom stereocenters. The topological polar surface area (TPSA) is 24.9 Å². The van der Waals surface area contributed by atoms with E-state index in [0.29, 0.717) is 0 Å². The predicted octanol–water partition coefficient (Wildman–Crippen LogP) is 9.07. The molecule has 3 aliphatic rings. The molecular formula is C37H38N2O2. The van der Waals surface area contributed by atoms with Gasteiger partial charge in [-0.1, -0.05) is 65.8 Å². The highest BCUT2D eigenvalue weighted by atomic mass is 16.5. The summed E-state index contributed by atoms with van der Waals surface area (Å²) in [6.45, 7) is 14.5. The molecule has 0 radical (unpaired) electrons. The zero-order chi connectivity index (χ0) is 28.8. The summed E-state index contributed by atoms with van der Waals surface area (Å²) in [5, 5.41) is 0. The quantitative estimate of drug-likeness (QED) is 0.252. The molecule has 7 rings (SSSR count). The Labute approximate surface area is 243 Å². The average Bonchev–Trinajstić information content (AvgIpc) is 3.36. The van der Waals surface area contributed by atoms with E-state index in [-0.39, 0.29) is 10.8 Å². The maximum absolute atomic E-state index is 5.71. The normalized spacial score (nSPS) is 15.0. The van der Waals surface area contributed by atoms with Crippen LogP contribution in [0.15, 0.2) is 72.8 Å². The maximum Gasteiger partial charge on any atom is 0.119 e. The van der Waals surface area contributed by atoms with Crippen LogP contribution >= 0.6 is 0 Å². The van der Waals surface area contributed by atoms with Gasteiger partial charge in [0.1, 0.15) is 18.2 Å². The lowest BCUT2D eigenvalue weighted by Crippen LogP contribution is -2.30. The number of methoxy groups -OCH3 is 2. The van der Waals surface area contributed by atoms with Gasteiger partial charge in [-0.2, -0.15) is 0 Å². The summed E-state index contributed by atoms with van der Waals surface area (Å²) in [5.41, 5.74) is 15.1. The van der Waals surface area contributed by atoms with Crippen molar-refractivity contribution in [1.29, 1.82) is 0 Å². The van der Waals surface area contributed by atoms with Crippen molar-refractivity contribution in [1.82, 2.24) is 0 Å². The Balaban J connectivity index is 1.56. The van der Waals surface area contributed by atoms with Crippen LogP contribution < -0.4 is 19.3 Å². The van der Waals surface area contributed by atoms with E-state index >= 15 is 0 Å². The molecule has 0 amide bonds. The second kappa shape index (κ2) is 8.66. The van der Waals surface area contributed by atoms with E-state index in [9.17, 15) is 0 Å². The van der Waals surface area contributed by atoms with E-state index in [1.54, 1.807) is 14.2 Å². The van der Waals surface area contributed by atoms with Crippen molar-refractivity contribution in [2.24, 2.45) is 0 Å². The van der Waals surface area contributed by atoms with Gasteiger partial charge in [0.25, 0.3) is 0 Å². The molecule has 3 aliphatic heterocycles. The Kier molecular flexibility index (Phi) is 5.44. The smallest absolute Gasteiger partial charge is 0.119 e. The molecule has 0 bridgehead atoms. The molecule has 3 heterocycles. The first kappa shape index (κ1) is 25.8. The highest BCUT2D eigenvalue weighted by Gasteiger charge is 2.42. The number of nitrogens with zero attached hydrogens (tertiary/aromatic N) is 2. The number of anilines is 2. The van der Waals surface area contributed by atoms with Gasteiger partial charge in [0, 0.05) is 22.3 Å². The molecule has 0 saturated heterocycles. The number of benzene rings is 4. The van der Waals surface area contributed by atoms with E-state index in [4.69, 9.17) is 9.47 Å². The number of hydrogen-bond donors (Lipinski definition) is 0. The van der Waals surface area contributed by atoms with Crippen LogP contribution in [0.4, 0.5) is 11.4 Å². The summed E-state index contributed by atoms with van der Waals surface area (Å²) in [7, 11) is 3.49. The van der Waals surface area contributed by atoms with Crippen LogP contribution in [0.2, 0.25) is 0 Å². The van der Waals surface area contributed by atoms with Crippen LogP contribution in [0, 0.1) is 0 Å². The molecular weight excluding hydrogens is 504 g/mol. The molecule has 0 aliphatic carbocycles. The monoisotopic (exact) mass is 542 g/mol. The minimum absolute atomic E-state index is 0.0428. The Bertz CT molecular complexity index is 1640. The van der Waals surface area contributed by atoms with Crippen LogP contribution in [-0.4, -0.2) is 20.9 Å². The van der Waals surface area contributed by atoms with Crippen molar-refractivity contribution < 1.29 is 9.47 Å². The first-order chi connectivity index (χ1) is 19.5. The Morgan fingerprint density at radius 1 is 0.488 bits per heavy atom. The highest BCUT2D eigenvalue weighted by Crippen LogP contribution is 2.57. The fourth-order valence-electron chi connectivity index (χ4n) is 6.54. The Morgan fingerprint density at radius 3 is 1.24 bits per heavy atom. The van der Waals surface area contributed by atoms with Crippen LogP contribution in [0.3, 0.4) is 0 Å². The second-order valence-corrected chi connectivity index (χ2v) is 13.5. The third-order valence-corrected chi connectivity index (χ3v) is 8.90. The first-order valence-electron chi connectivity index (χ1n) is 14.5. The highest BCUT2D eigenvalue weighted by molar-refractivity contribution is 6.17.